The average Bonchev–Trinajstić information content (AvgIpc) is 2.70. The zero-order valence-corrected chi connectivity index (χ0v) is 12.3. The van der Waals surface area contributed by atoms with Crippen molar-refractivity contribution in [2.24, 2.45) is 0 Å². The van der Waals surface area contributed by atoms with E-state index in [1.54, 1.807) is 0 Å². The van der Waals surface area contributed by atoms with E-state index in [0.717, 1.165) is 6.07 Å². The van der Waals surface area contributed by atoms with Gasteiger partial charge in [0, 0.05) is 13.0 Å². The number of alkyl halides is 1. The summed E-state index contributed by atoms with van der Waals surface area (Å²) in [6.07, 6.45) is 0.167. The number of ether oxygens (including phenoxy) is 1. The van der Waals surface area contributed by atoms with Crippen molar-refractivity contribution in [2.75, 3.05) is 18.6 Å². The van der Waals surface area contributed by atoms with Crippen molar-refractivity contribution >= 4 is 45.1 Å². The van der Waals surface area contributed by atoms with Crippen molar-refractivity contribution in [1.29, 1.82) is 0 Å². The van der Waals surface area contributed by atoms with E-state index >= 15 is 0 Å². The summed E-state index contributed by atoms with van der Waals surface area (Å²) in [4.78, 5) is 24.8. The molecule has 1 saturated heterocycles. The largest absolute Gasteiger partial charge is 0.465 e. The van der Waals surface area contributed by atoms with E-state index in [-0.39, 0.29) is 40.0 Å². The number of esters is 1. The van der Waals surface area contributed by atoms with E-state index in [1.165, 1.54) is 18.1 Å². The van der Waals surface area contributed by atoms with E-state index in [4.69, 9.17) is 11.6 Å². The zero-order valence-electron chi connectivity index (χ0n) is 9.95. The number of anilines is 1. The minimum Gasteiger partial charge on any atom is -0.465 e. The topological polar surface area (TPSA) is 46.6 Å². The molecule has 0 aromatic heterocycles. The third kappa shape index (κ3) is 2.74. The first-order valence-corrected chi connectivity index (χ1v) is 6.68. The first kappa shape index (κ1) is 14.3. The number of halogens is 3. The second-order valence-corrected chi connectivity index (χ2v) is 5.55. The minimum atomic E-state index is -0.637. The van der Waals surface area contributed by atoms with Crippen molar-refractivity contribution in [3.8, 4) is 0 Å². The Hall–Kier alpha value is -1.14. The van der Waals surface area contributed by atoms with Crippen LogP contribution in [0, 0.1) is 5.82 Å². The molecule has 19 heavy (non-hydrogen) atoms. The number of hydrogen-bond acceptors (Lipinski definition) is 3. The van der Waals surface area contributed by atoms with Crippen LogP contribution in [0.25, 0.3) is 0 Å². The van der Waals surface area contributed by atoms with Crippen LogP contribution in [0.1, 0.15) is 16.8 Å². The molecule has 1 atom stereocenters. The average molecular weight is 351 g/mol. The summed E-state index contributed by atoms with van der Waals surface area (Å²) in [7, 11) is 1.22. The fourth-order valence-electron chi connectivity index (χ4n) is 1.93. The molecule has 4 nitrogen and oxygen atoms in total. The highest BCUT2D eigenvalue weighted by Gasteiger charge is 2.32. The van der Waals surface area contributed by atoms with Crippen LogP contribution in [0.3, 0.4) is 0 Å². The molecule has 0 radical (unpaired) electrons. The smallest absolute Gasteiger partial charge is 0.340 e. The number of carbonyl (C=O) groups is 2. The Morgan fingerprint density at radius 2 is 2.26 bits per heavy atom. The number of amides is 1. The first-order chi connectivity index (χ1) is 8.93. The number of methoxy groups -OCH3 is 1. The highest BCUT2D eigenvalue weighted by atomic mass is 79.9. The molecule has 102 valence electrons. The van der Waals surface area contributed by atoms with Gasteiger partial charge in [-0.2, -0.15) is 0 Å². The maximum absolute atomic E-state index is 13.6. The van der Waals surface area contributed by atoms with E-state index in [0.29, 0.717) is 0 Å². The number of rotatable bonds is 2. The van der Waals surface area contributed by atoms with Crippen LogP contribution in [0.4, 0.5) is 10.1 Å². The number of benzene rings is 1. The highest BCUT2D eigenvalue weighted by molar-refractivity contribution is 9.10. The molecule has 0 N–H and O–H groups in total. The second-order valence-electron chi connectivity index (χ2n) is 4.08. The molecule has 1 unspecified atom stereocenters. The van der Waals surface area contributed by atoms with Crippen molar-refractivity contribution in [1.82, 2.24) is 0 Å². The van der Waals surface area contributed by atoms with Gasteiger partial charge in [-0.1, -0.05) is 0 Å². The van der Waals surface area contributed by atoms with Gasteiger partial charge in [0.25, 0.3) is 0 Å². The maximum atomic E-state index is 13.6. The molecule has 1 aliphatic rings. The number of nitrogens with zero attached hydrogens (tertiary/aromatic N) is 1. The summed E-state index contributed by atoms with van der Waals surface area (Å²) in [5, 5.41) is -0.343. The Labute approximate surface area is 122 Å². The molecular weight excluding hydrogens is 340 g/mol. The third-order valence-electron chi connectivity index (χ3n) is 2.81. The lowest BCUT2D eigenvalue weighted by atomic mass is 10.1. The molecule has 0 spiro atoms. The molecule has 1 fully saturated rings. The van der Waals surface area contributed by atoms with Crippen molar-refractivity contribution in [2.45, 2.75) is 11.8 Å². The first-order valence-electron chi connectivity index (χ1n) is 5.45. The SMILES string of the molecule is COC(=O)c1cc(Br)c(F)cc1N1CC(Cl)CC1=O. The van der Waals surface area contributed by atoms with Gasteiger partial charge in [0.05, 0.1) is 28.2 Å². The van der Waals surface area contributed by atoms with Crippen molar-refractivity contribution in [3.63, 3.8) is 0 Å². The Balaban J connectivity index is 2.52. The van der Waals surface area contributed by atoms with Gasteiger partial charge in [-0.3, -0.25) is 4.79 Å². The molecule has 7 heteroatoms. The maximum Gasteiger partial charge on any atom is 0.340 e. The summed E-state index contributed by atoms with van der Waals surface area (Å²) >= 11 is 8.91. The molecule has 1 aromatic carbocycles. The molecule has 1 aliphatic heterocycles. The predicted octanol–water partition coefficient (Wildman–Crippen LogP) is 2.72. The molecule has 1 amide bonds. The van der Waals surface area contributed by atoms with E-state index in [1.807, 2.05) is 0 Å². The quantitative estimate of drug-likeness (QED) is 0.608. The van der Waals surface area contributed by atoms with Gasteiger partial charge in [0.15, 0.2) is 0 Å². The summed E-state index contributed by atoms with van der Waals surface area (Å²) in [5.74, 6) is -1.44. The predicted molar refractivity (Wildman–Crippen MR) is 72.1 cm³/mol. The molecule has 1 heterocycles. The van der Waals surface area contributed by atoms with Gasteiger partial charge in [-0.05, 0) is 28.1 Å². The Morgan fingerprint density at radius 1 is 1.58 bits per heavy atom. The van der Waals surface area contributed by atoms with E-state index in [2.05, 4.69) is 20.7 Å². The summed E-state index contributed by atoms with van der Waals surface area (Å²) < 4.78 is 18.4. The van der Waals surface area contributed by atoms with Crippen LogP contribution in [-0.4, -0.2) is 30.9 Å². The normalized spacial score (nSPS) is 18.8. The Morgan fingerprint density at radius 3 is 2.79 bits per heavy atom. The van der Waals surface area contributed by atoms with Crippen LogP contribution in [0.15, 0.2) is 16.6 Å². The van der Waals surface area contributed by atoms with Gasteiger partial charge >= 0.3 is 5.97 Å². The number of carbonyl (C=O) groups excluding carboxylic acids is 2. The van der Waals surface area contributed by atoms with Crippen LogP contribution in [0.5, 0.6) is 0 Å². The molecule has 1 aromatic rings. The summed E-state index contributed by atoms with van der Waals surface area (Å²) in [6, 6.07) is 2.43. The third-order valence-corrected chi connectivity index (χ3v) is 3.71. The van der Waals surface area contributed by atoms with Crippen LogP contribution >= 0.6 is 27.5 Å². The lowest BCUT2D eigenvalue weighted by Gasteiger charge is -2.19. The van der Waals surface area contributed by atoms with Crippen molar-refractivity contribution in [3.05, 3.63) is 28.0 Å². The highest BCUT2D eigenvalue weighted by Crippen LogP contribution is 2.32. The van der Waals surface area contributed by atoms with E-state index < -0.39 is 11.8 Å². The zero-order chi connectivity index (χ0) is 14.2. The van der Waals surface area contributed by atoms with Crippen molar-refractivity contribution < 1.29 is 18.7 Å². The van der Waals surface area contributed by atoms with Crippen LogP contribution in [0.2, 0.25) is 0 Å². The second kappa shape index (κ2) is 5.46. The lowest BCUT2D eigenvalue weighted by Crippen LogP contribution is -2.27. The lowest BCUT2D eigenvalue weighted by molar-refractivity contribution is -0.117. The molecule has 0 saturated carbocycles. The molecule has 0 bridgehead atoms. The molecular formula is C12H10BrClFNO3. The number of hydrogen-bond donors (Lipinski definition) is 0. The standard InChI is InChI=1S/C12H10BrClFNO3/c1-19-12(18)7-3-8(13)9(15)4-10(7)16-5-6(14)2-11(16)17/h3-4,6H,2,5H2,1H3. The fraction of sp³-hybridized carbons (Fsp3) is 0.333. The fourth-order valence-corrected chi connectivity index (χ4v) is 2.54. The molecule has 2 rings (SSSR count). The Bertz CT molecular complexity index is 552. The van der Waals surface area contributed by atoms with Gasteiger partial charge < -0.3 is 9.64 Å². The molecule has 0 aliphatic carbocycles. The van der Waals surface area contributed by atoms with Crippen LogP contribution in [-0.2, 0) is 9.53 Å². The van der Waals surface area contributed by atoms with Crippen LogP contribution < -0.4 is 4.90 Å². The Kier molecular flexibility index (Phi) is 4.10. The minimum absolute atomic E-state index is 0.120. The monoisotopic (exact) mass is 349 g/mol. The summed E-state index contributed by atoms with van der Waals surface area (Å²) in [5.41, 5.74) is 0.301. The van der Waals surface area contributed by atoms with Gasteiger partial charge in [0.2, 0.25) is 5.91 Å². The van der Waals surface area contributed by atoms with Gasteiger partial charge in [0.1, 0.15) is 5.82 Å². The van der Waals surface area contributed by atoms with Gasteiger partial charge in [-0.15, -0.1) is 11.6 Å². The van der Waals surface area contributed by atoms with Gasteiger partial charge in [-0.25, -0.2) is 9.18 Å². The van der Waals surface area contributed by atoms with E-state index in [9.17, 15) is 14.0 Å². The summed E-state index contributed by atoms with van der Waals surface area (Å²) in [6.45, 7) is 0.242.